The van der Waals surface area contributed by atoms with E-state index in [1.165, 1.54) is 23.1 Å². The molecule has 2 aliphatic rings. The van der Waals surface area contributed by atoms with Gasteiger partial charge in [0.15, 0.2) is 0 Å². The van der Waals surface area contributed by atoms with E-state index in [0.717, 1.165) is 29.4 Å². The minimum atomic E-state index is -0.998. The fraction of sp³-hybridized carbons (Fsp3) is 0.333. The summed E-state index contributed by atoms with van der Waals surface area (Å²) < 4.78 is 15.2. The van der Waals surface area contributed by atoms with E-state index in [9.17, 15) is 9.18 Å². The van der Waals surface area contributed by atoms with Crippen LogP contribution < -0.4 is 5.32 Å². The Balaban J connectivity index is 1.53. The van der Waals surface area contributed by atoms with Gasteiger partial charge < -0.3 is 9.88 Å². The van der Waals surface area contributed by atoms with Crippen molar-refractivity contribution in [1.82, 2.24) is 9.55 Å². The number of alkyl halides is 1. The van der Waals surface area contributed by atoms with Crippen LogP contribution in [0.2, 0.25) is 0 Å². The molecule has 1 amide bonds. The normalized spacial score (nSPS) is 21.0. The zero-order valence-electron chi connectivity index (χ0n) is 14.6. The monoisotopic (exact) mass is 349 g/mol. The van der Waals surface area contributed by atoms with Crippen molar-refractivity contribution in [2.45, 2.75) is 31.9 Å². The van der Waals surface area contributed by atoms with Gasteiger partial charge in [-0.2, -0.15) is 0 Å². The molecule has 0 unspecified atom stereocenters. The maximum Gasteiger partial charge on any atom is 0.231 e. The van der Waals surface area contributed by atoms with Gasteiger partial charge in [0, 0.05) is 23.7 Å². The lowest BCUT2D eigenvalue weighted by molar-refractivity contribution is -0.117. The predicted octanol–water partition coefficient (Wildman–Crippen LogP) is 4.03. The van der Waals surface area contributed by atoms with Crippen molar-refractivity contribution in [3.63, 3.8) is 0 Å². The summed E-state index contributed by atoms with van der Waals surface area (Å²) in [6.07, 6.45) is 4.59. The Morgan fingerprint density at radius 1 is 1.31 bits per heavy atom. The van der Waals surface area contributed by atoms with Crippen LogP contribution in [0.5, 0.6) is 0 Å². The minimum absolute atomic E-state index is 0.276. The molecule has 4 nitrogen and oxygen atoms in total. The van der Waals surface area contributed by atoms with Gasteiger partial charge in [-0.25, -0.2) is 9.37 Å². The number of aryl methyl sites for hydroxylation is 2. The van der Waals surface area contributed by atoms with Crippen LogP contribution in [0.25, 0.3) is 22.2 Å². The van der Waals surface area contributed by atoms with Crippen LogP contribution >= 0.6 is 0 Å². The fourth-order valence-electron chi connectivity index (χ4n) is 4.07. The molecule has 1 fully saturated rings. The second kappa shape index (κ2) is 5.66. The molecule has 1 aromatic carbocycles. The largest absolute Gasteiger partial charge is 0.342 e. The van der Waals surface area contributed by atoms with Crippen molar-refractivity contribution in [1.29, 1.82) is 0 Å². The van der Waals surface area contributed by atoms with Crippen LogP contribution in [0, 0.1) is 5.92 Å². The number of hydrogen-bond donors (Lipinski definition) is 1. The molecule has 2 atom stereocenters. The molecule has 2 aliphatic carbocycles. The summed E-state index contributed by atoms with van der Waals surface area (Å²) >= 11 is 0. The van der Waals surface area contributed by atoms with Crippen molar-refractivity contribution in [3.05, 3.63) is 47.7 Å². The van der Waals surface area contributed by atoms with E-state index < -0.39 is 12.1 Å². The second-order valence-corrected chi connectivity index (χ2v) is 7.36. The highest BCUT2D eigenvalue weighted by Gasteiger charge is 2.43. The lowest BCUT2D eigenvalue weighted by Crippen LogP contribution is -2.15. The quantitative estimate of drug-likeness (QED) is 0.776. The van der Waals surface area contributed by atoms with E-state index >= 15 is 0 Å². The first kappa shape index (κ1) is 15.6. The molecule has 3 aromatic rings. The highest BCUT2D eigenvalue weighted by atomic mass is 19.1. The molecule has 1 saturated carbocycles. The number of carbonyl (C=O) groups is 1. The number of pyridine rings is 1. The Kier molecular flexibility index (Phi) is 3.39. The molecule has 1 N–H and O–H groups in total. The van der Waals surface area contributed by atoms with Crippen LogP contribution in [-0.2, 0) is 24.7 Å². The number of nitrogens with zero attached hydrogens (tertiary/aromatic N) is 2. The van der Waals surface area contributed by atoms with Gasteiger partial charge >= 0.3 is 0 Å². The molecular weight excluding hydrogens is 329 g/mol. The van der Waals surface area contributed by atoms with Crippen LogP contribution in [-0.4, -0.2) is 21.6 Å². The van der Waals surface area contributed by atoms with Gasteiger partial charge in [0.1, 0.15) is 12.0 Å². The zero-order valence-corrected chi connectivity index (χ0v) is 14.6. The molecule has 2 heterocycles. The first-order chi connectivity index (χ1) is 12.6. The third kappa shape index (κ3) is 2.42. The van der Waals surface area contributed by atoms with Crippen LogP contribution in [0.3, 0.4) is 0 Å². The van der Waals surface area contributed by atoms with E-state index in [1.807, 2.05) is 13.1 Å². The Labute approximate surface area is 151 Å². The van der Waals surface area contributed by atoms with E-state index in [4.69, 9.17) is 0 Å². The Morgan fingerprint density at radius 2 is 2.15 bits per heavy atom. The number of carbonyl (C=O) groups excluding carboxylic acids is 1. The SMILES string of the molecule is Cn1c(-c2cccc3c2CCC3)cc2cc(NC(=O)[C@@H]3C[C@@H]3F)ncc21. The summed E-state index contributed by atoms with van der Waals surface area (Å²) in [6, 6.07) is 10.6. The average Bonchev–Trinajstić information content (AvgIpc) is 3.04. The van der Waals surface area contributed by atoms with Gasteiger partial charge in [-0.1, -0.05) is 18.2 Å². The van der Waals surface area contributed by atoms with E-state index in [1.54, 1.807) is 6.20 Å². The summed E-state index contributed by atoms with van der Waals surface area (Å²) in [6.45, 7) is 0. The van der Waals surface area contributed by atoms with Crippen LogP contribution in [0.15, 0.2) is 36.5 Å². The summed E-state index contributed by atoms with van der Waals surface area (Å²) in [5, 5.41) is 3.76. The van der Waals surface area contributed by atoms with Crippen molar-refractivity contribution in [3.8, 4) is 11.3 Å². The maximum absolute atomic E-state index is 13.1. The number of hydrogen-bond acceptors (Lipinski definition) is 2. The highest BCUT2D eigenvalue weighted by Crippen LogP contribution is 2.36. The van der Waals surface area contributed by atoms with Crippen molar-refractivity contribution in [2.24, 2.45) is 13.0 Å². The van der Waals surface area contributed by atoms with Crippen molar-refractivity contribution >= 4 is 22.6 Å². The number of aromatic nitrogens is 2. The van der Waals surface area contributed by atoms with Gasteiger partial charge in [-0.05, 0) is 48.9 Å². The fourth-order valence-corrected chi connectivity index (χ4v) is 4.07. The summed E-state index contributed by atoms with van der Waals surface area (Å²) in [4.78, 5) is 16.3. The lowest BCUT2D eigenvalue weighted by atomic mass is 10.0. The van der Waals surface area contributed by atoms with E-state index in [-0.39, 0.29) is 5.91 Å². The molecular formula is C21H20FN3O. The Hall–Kier alpha value is -2.69. The first-order valence-corrected chi connectivity index (χ1v) is 9.13. The third-order valence-corrected chi connectivity index (χ3v) is 5.65. The van der Waals surface area contributed by atoms with Crippen molar-refractivity contribution in [2.75, 3.05) is 5.32 Å². The molecule has 132 valence electrons. The van der Waals surface area contributed by atoms with Gasteiger partial charge in [0.05, 0.1) is 17.6 Å². The molecule has 0 radical (unpaired) electrons. The maximum atomic E-state index is 13.1. The van der Waals surface area contributed by atoms with Gasteiger partial charge in [0.25, 0.3) is 0 Å². The van der Waals surface area contributed by atoms with Gasteiger partial charge in [0.2, 0.25) is 5.91 Å². The number of benzene rings is 1. The van der Waals surface area contributed by atoms with Gasteiger partial charge in [-0.15, -0.1) is 0 Å². The minimum Gasteiger partial charge on any atom is -0.342 e. The summed E-state index contributed by atoms with van der Waals surface area (Å²) in [5.74, 6) is -0.302. The molecule has 2 aromatic heterocycles. The zero-order chi connectivity index (χ0) is 17.8. The Bertz CT molecular complexity index is 1040. The Morgan fingerprint density at radius 3 is 2.96 bits per heavy atom. The molecule has 0 bridgehead atoms. The number of fused-ring (bicyclic) bond motifs is 2. The third-order valence-electron chi connectivity index (χ3n) is 5.65. The summed E-state index contributed by atoms with van der Waals surface area (Å²) in [7, 11) is 2.05. The standard InChI is InChI=1S/C21H20FN3O/c1-25-18(15-7-3-5-12-4-2-6-14(12)15)8-13-9-20(23-11-19(13)25)24-21(26)16-10-17(16)22/h3,5,7-9,11,16-17H,2,4,6,10H2,1H3,(H,23,24,26)/t16-,17+/m1/s1. The summed E-state index contributed by atoms with van der Waals surface area (Å²) in [5.41, 5.74) is 6.35. The molecule has 5 heteroatoms. The first-order valence-electron chi connectivity index (χ1n) is 9.13. The number of halogens is 1. The van der Waals surface area contributed by atoms with E-state index in [0.29, 0.717) is 12.2 Å². The molecule has 0 aliphatic heterocycles. The van der Waals surface area contributed by atoms with E-state index in [2.05, 4.69) is 39.1 Å². The van der Waals surface area contributed by atoms with Crippen LogP contribution in [0.4, 0.5) is 10.2 Å². The van der Waals surface area contributed by atoms with Crippen molar-refractivity contribution < 1.29 is 9.18 Å². The lowest BCUT2D eigenvalue weighted by Gasteiger charge is -2.10. The van der Waals surface area contributed by atoms with Crippen LogP contribution in [0.1, 0.15) is 24.0 Å². The predicted molar refractivity (Wildman–Crippen MR) is 99.8 cm³/mol. The van der Waals surface area contributed by atoms with Gasteiger partial charge in [-0.3, -0.25) is 4.79 Å². The molecule has 0 spiro atoms. The highest BCUT2D eigenvalue weighted by molar-refractivity contribution is 5.96. The molecule has 0 saturated heterocycles. The molecule has 5 rings (SSSR count). The number of rotatable bonds is 3. The topological polar surface area (TPSA) is 46.9 Å². The average molecular weight is 349 g/mol. The second-order valence-electron chi connectivity index (χ2n) is 7.36. The number of amides is 1. The number of nitrogens with one attached hydrogen (secondary N) is 1. The smallest absolute Gasteiger partial charge is 0.231 e. The molecule has 26 heavy (non-hydrogen) atoms. The number of anilines is 1.